The van der Waals surface area contributed by atoms with Crippen LogP contribution in [0.5, 0.6) is 0 Å². The summed E-state index contributed by atoms with van der Waals surface area (Å²) < 4.78 is 30.1. The standard InChI is InChI=1S/C14H18F2N4O2.C7H5N3/c1-3-4-18-6-9(2)12(22-14(15)16)11-13(18)20-8-19(21)7-10(20)5-17-11;1-2-6-7(9-3-1)10-5-4-8-6/h5,7,14,21H,3-4,6,8H2,1-2H3;1-5H. The van der Waals surface area contributed by atoms with E-state index in [0.717, 1.165) is 34.8 Å². The van der Waals surface area contributed by atoms with Gasteiger partial charge in [0, 0.05) is 31.7 Å². The second-order valence-corrected chi connectivity index (χ2v) is 7.31. The van der Waals surface area contributed by atoms with Crippen LogP contribution >= 0.6 is 0 Å². The molecule has 11 heteroatoms. The maximum absolute atomic E-state index is 12.7. The van der Waals surface area contributed by atoms with Crippen molar-refractivity contribution in [3.63, 3.8) is 0 Å². The van der Waals surface area contributed by atoms with Crippen LogP contribution in [0.1, 0.15) is 20.3 Å². The molecule has 5 rings (SSSR count). The fourth-order valence-corrected chi connectivity index (χ4v) is 3.72. The van der Waals surface area contributed by atoms with E-state index in [1.165, 1.54) is 0 Å². The highest BCUT2D eigenvalue weighted by atomic mass is 19.3. The fraction of sp³-hybridized carbons (Fsp3) is 0.333. The van der Waals surface area contributed by atoms with Crippen molar-refractivity contribution in [1.82, 2.24) is 29.8 Å². The van der Waals surface area contributed by atoms with Gasteiger partial charge in [-0.1, -0.05) is 6.92 Å². The van der Waals surface area contributed by atoms with Crippen molar-refractivity contribution < 1.29 is 18.7 Å². The number of rotatable bonds is 4. The molecule has 3 aliphatic heterocycles. The zero-order valence-corrected chi connectivity index (χ0v) is 17.7. The maximum atomic E-state index is 12.7. The van der Waals surface area contributed by atoms with Gasteiger partial charge in [0.05, 0.1) is 18.1 Å². The third-order valence-electron chi connectivity index (χ3n) is 4.95. The number of hydrogen-bond acceptors (Lipinski definition) is 9. The molecule has 0 spiro atoms. The lowest BCUT2D eigenvalue weighted by atomic mass is 10.1. The van der Waals surface area contributed by atoms with Crippen LogP contribution in [0.2, 0.25) is 0 Å². The van der Waals surface area contributed by atoms with Gasteiger partial charge in [-0.15, -0.1) is 0 Å². The average molecular weight is 443 g/mol. The Kier molecular flexibility index (Phi) is 6.26. The molecular formula is C21H23F2N7O2. The predicted molar refractivity (Wildman–Crippen MR) is 113 cm³/mol. The lowest BCUT2D eigenvalue weighted by molar-refractivity contribution is -0.0963. The van der Waals surface area contributed by atoms with Crippen molar-refractivity contribution in [3.8, 4) is 0 Å². The smallest absolute Gasteiger partial charge is 0.387 e. The van der Waals surface area contributed by atoms with E-state index in [-0.39, 0.29) is 12.4 Å². The zero-order valence-electron chi connectivity index (χ0n) is 17.7. The molecule has 0 fully saturated rings. The Bertz CT molecular complexity index is 1050. The quantitative estimate of drug-likeness (QED) is 0.770. The first-order valence-corrected chi connectivity index (χ1v) is 10.1. The number of pyridine rings is 1. The molecule has 0 unspecified atom stereocenters. The molecule has 0 atom stereocenters. The SMILES string of the molecule is CCCN1CC(C)=C(OC(F)F)C2=C1N1CN(O)C=C1C=N2.c1cnc2nccnc2c1. The van der Waals surface area contributed by atoms with E-state index in [4.69, 9.17) is 4.74 Å². The molecule has 3 aliphatic rings. The summed E-state index contributed by atoms with van der Waals surface area (Å²) in [6.45, 7) is 2.43. The van der Waals surface area contributed by atoms with Crippen LogP contribution in [0.4, 0.5) is 8.78 Å². The molecule has 0 saturated carbocycles. The fourth-order valence-electron chi connectivity index (χ4n) is 3.72. The van der Waals surface area contributed by atoms with Crippen molar-refractivity contribution in [2.45, 2.75) is 26.9 Å². The molecule has 32 heavy (non-hydrogen) atoms. The maximum Gasteiger partial charge on any atom is 0.387 e. The molecule has 168 valence electrons. The van der Waals surface area contributed by atoms with Crippen LogP contribution in [-0.4, -0.2) is 67.6 Å². The highest BCUT2D eigenvalue weighted by molar-refractivity contribution is 5.82. The molecule has 0 saturated heterocycles. The number of fused-ring (bicyclic) bond motifs is 3. The number of nitrogens with zero attached hydrogens (tertiary/aromatic N) is 7. The number of aliphatic imine (C=N–C) groups is 1. The number of alkyl halides is 2. The Morgan fingerprint density at radius 2 is 1.97 bits per heavy atom. The Hall–Kier alpha value is -3.60. The highest BCUT2D eigenvalue weighted by Crippen LogP contribution is 2.37. The van der Waals surface area contributed by atoms with E-state index in [9.17, 15) is 14.0 Å². The number of allylic oxidation sites excluding steroid dienone is 1. The summed E-state index contributed by atoms with van der Waals surface area (Å²) in [7, 11) is 0. The molecule has 0 aliphatic carbocycles. The third kappa shape index (κ3) is 4.37. The van der Waals surface area contributed by atoms with Gasteiger partial charge in [-0.2, -0.15) is 8.78 Å². The molecule has 2 aromatic heterocycles. The van der Waals surface area contributed by atoms with E-state index in [2.05, 4.69) is 31.8 Å². The van der Waals surface area contributed by atoms with Crippen molar-refractivity contribution in [1.29, 1.82) is 0 Å². The Morgan fingerprint density at radius 3 is 2.72 bits per heavy atom. The lowest BCUT2D eigenvalue weighted by Gasteiger charge is -2.40. The van der Waals surface area contributed by atoms with Gasteiger partial charge in [0.25, 0.3) is 0 Å². The summed E-state index contributed by atoms with van der Waals surface area (Å²) in [5.74, 6) is 0.831. The minimum atomic E-state index is -2.89. The first kappa shape index (κ1) is 21.6. The lowest BCUT2D eigenvalue weighted by Crippen LogP contribution is -2.42. The van der Waals surface area contributed by atoms with Crippen LogP contribution in [0.3, 0.4) is 0 Å². The summed E-state index contributed by atoms with van der Waals surface area (Å²) in [6.07, 6.45) is 9.01. The van der Waals surface area contributed by atoms with Crippen molar-refractivity contribution in [2.24, 2.45) is 4.99 Å². The second-order valence-electron chi connectivity index (χ2n) is 7.31. The van der Waals surface area contributed by atoms with Gasteiger partial charge in [0.15, 0.2) is 11.4 Å². The number of aromatic nitrogens is 3. The summed E-state index contributed by atoms with van der Waals surface area (Å²) >= 11 is 0. The monoisotopic (exact) mass is 443 g/mol. The molecule has 1 N–H and O–H groups in total. The average Bonchev–Trinajstić information content (AvgIpc) is 3.17. The van der Waals surface area contributed by atoms with E-state index >= 15 is 0 Å². The van der Waals surface area contributed by atoms with Crippen LogP contribution in [0.25, 0.3) is 11.2 Å². The molecule has 0 amide bonds. The predicted octanol–water partition coefficient (Wildman–Crippen LogP) is 3.31. The number of hydrogen-bond donors (Lipinski definition) is 1. The minimum Gasteiger partial charge on any atom is -0.432 e. The molecule has 2 aromatic rings. The zero-order chi connectivity index (χ0) is 22.7. The second kappa shape index (κ2) is 9.27. The molecule has 9 nitrogen and oxygen atoms in total. The van der Waals surface area contributed by atoms with Gasteiger partial charge in [0.2, 0.25) is 0 Å². The van der Waals surface area contributed by atoms with Gasteiger partial charge in [0.1, 0.15) is 23.7 Å². The first-order valence-electron chi connectivity index (χ1n) is 10.1. The van der Waals surface area contributed by atoms with E-state index in [0.29, 0.717) is 23.7 Å². The van der Waals surface area contributed by atoms with Gasteiger partial charge >= 0.3 is 6.61 Å². The van der Waals surface area contributed by atoms with E-state index in [1.807, 2.05) is 17.0 Å². The summed E-state index contributed by atoms with van der Waals surface area (Å²) in [4.78, 5) is 20.3. The number of halogens is 2. The minimum absolute atomic E-state index is 0.129. The highest BCUT2D eigenvalue weighted by Gasteiger charge is 2.36. The summed E-state index contributed by atoms with van der Waals surface area (Å²) in [5, 5.41) is 10.7. The molecule has 0 radical (unpaired) electrons. The normalized spacial score (nSPS) is 17.4. The van der Waals surface area contributed by atoms with Crippen LogP contribution in [-0.2, 0) is 4.74 Å². The molecular weight excluding hydrogens is 420 g/mol. The van der Waals surface area contributed by atoms with Gasteiger partial charge in [-0.3, -0.25) is 10.2 Å². The first-order chi connectivity index (χ1) is 15.5. The molecule has 0 aromatic carbocycles. The van der Waals surface area contributed by atoms with Gasteiger partial charge < -0.3 is 14.5 Å². The van der Waals surface area contributed by atoms with E-state index < -0.39 is 6.61 Å². The van der Waals surface area contributed by atoms with Gasteiger partial charge in [-0.05, 0) is 31.1 Å². The van der Waals surface area contributed by atoms with Crippen molar-refractivity contribution in [2.75, 3.05) is 19.8 Å². The van der Waals surface area contributed by atoms with Crippen molar-refractivity contribution in [3.05, 3.63) is 65.5 Å². The van der Waals surface area contributed by atoms with Crippen LogP contribution in [0.15, 0.2) is 70.5 Å². The third-order valence-corrected chi connectivity index (χ3v) is 4.95. The Morgan fingerprint density at radius 1 is 1.19 bits per heavy atom. The topological polar surface area (TPSA) is 90.2 Å². The summed E-state index contributed by atoms with van der Waals surface area (Å²) in [6, 6.07) is 3.73. The molecule has 0 bridgehead atoms. The number of hydroxylamine groups is 2. The number of ether oxygens (including phenoxy) is 1. The van der Waals surface area contributed by atoms with Crippen molar-refractivity contribution >= 4 is 17.4 Å². The Balaban J connectivity index is 0.000000203. The van der Waals surface area contributed by atoms with Crippen LogP contribution < -0.4 is 0 Å². The van der Waals surface area contributed by atoms with E-state index in [1.54, 1.807) is 37.9 Å². The van der Waals surface area contributed by atoms with Gasteiger partial charge in [-0.25, -0.2) is 20.0 Å². The largest absolute Gasteiger partial charge is 0.432 e. The molecule has 5 heterocycles. The summed E-state index contributed by atoms with van der Waals surface area (Å²) in [5.41, 5.74) is 3.37. The van der Waals surface area contributed by atoms with Crippen LogP contribution in [0, 0.1) is 0 Å². The Labute approximate surface area is 183 Å².